The number of aryl methyl sites for hydroxylation is 2. The van der Waals surface area contributed by atoms with E-state index in [1.807, 2.05) is 98.8 Å². The van der Waals surface area contributed by atoms with E-state index in [0.717, 1.165) is 11.1 Å². The van der Waals surface area contributed by atoms with Crippen LogP contribution in [-0.4, -0.2) is 28.5 Å². The first-order chi connectivity index (χ1) is 23.6. The number of phenolic OH excluding ortho intramolecular Hbond substituents is 1. The zero-order chi connectivity index (χ0) is 34.2. The quantitative estimate of drug-likeness (QED) is 0.178. The molecule has 49 heavy (non-hydrogen) atoms. The Kier molecular flexibility index (Phi) is 7.34. The Balaban J connectivity index is 1.36. The highest BCUT2D eigenvalue weighted by Crippen LogP contribution is 2.64. The summed E-state index contributed by atoms with van der Waals surface area (Å²) in [7, 11) is 0. The van der Waals surface area contributed by atoms with Gasteiger partial charge < -0.3 is 5.11 Å². The highest BCUT2D eigenvalue weighted by Gasteiger charge is 2.66. The summed E-state index contributed by atoms with van der Waals surface area (Å²) in [6, 6.07) is 29.2. The zero-order valence-electron chi connectivity index (χ0n) is 27.1. The molecule has 6 nitrogen and oxygen atoms in total. The van der Waals surface area contributed by atoms with Gasteiger partial charge in [0, 0.05) is 28.0 Å². The lowest BCUT2D eigenvalue weighted by Crippen LogP contribution is -2.58. The van der Waals surface area contributed by atoms with Gasteiger partial charge in [-0.2, -0.15) is 0 Å². The van der Waals surface area contributed by atoms with Crippen LogP contribution in [0.25, 0.3) is 5.57 Å². The molecule has 6 unspecified atom stereocenters. The molecular formula is C42H34ClNO5. The molecule has 0 radical (unpaired) electrons. The van der Waals surface area contributed by atoms with Crippen molar-refractivity contribution in [2.45, 2.75) is 38.0 Å². The Morgan fingerprint density at radius 2 is 1.51 bits per heavy atom. The Morgan fingerprint density at radius 1 is 0.796 bits per heavy atom. The maximum atomic E-state index is 15.1. The van der Waals surface area contributed by atoms with Crippen LogP contribution >= 0.6 is 11.6 Å². The predicted octanol–water partition coefficient (Wildman–Crippen LogP) is 7.69. The molecule has 1 N–H and O–H groups in total. The second-order valence-electron chi connectivity index (χ2n) is 13.7. The van der Waals surface area contributed by atoms with Crippen LogP contribution < -0.4 is 4.90 Å². The molecule has 8 rings (SSSR count). The van der Waals surface area contributed by atoms with Crippen molar-refractivity contribution in [3.8, 4) is 5.75 Å². The molecule has 3 aliphatic carbocycles. The fraction of sp³-hybridized carbons (Fsp3) is 0.238. The number of carbonyl (C=O) groups excluding carboxylic acids is 4. The van der Waals surface area contributed by atoms with Crippen molar-refractivity contribution >= 4 is 46.2 Å². The lowest BCUT2D eigenvalue weighted by atomic mass is 9.44. The smallest absolute Gasteiger partial charge is 0.238 e. The number of aromatic hydroxyl groups is 1. The maximum absolute atomic E-state index is 15.1. The monoisotopic (exact) mass is 667 g/mol. The summed E-state index contributed by atoms with van der Waals surface area (Å²) in [5, 5.41) is 12.2. The number of hydrogen-bond acceptors (Lipinski definition) is 5. The Hall–Kier alpha value is -5.07. The van der Waals surface area contributed by atoms with Crippen LogP contribution in [0.4, 0.5) is 5.69 Å². The van der Waals surface area contributed by atoms with Gasteiger partial charge in [0.25, 0.3) is 0 Å². The van der Waals surface area contributed by atoms with E-state index in [2.05, 4.69) is 0 Å². The average molecular weight is 668 g/mol. The van der Waals surface area contributed by atoms with Crippen LogP contribution in [0.15, 0.2) is 115 Å². The van der Waals surface area contributed by atoms with Gasteiger partial charge in [-0.15, -0.1) is 0 Å². The number of phenols is 1. The molecule has 2 fully saturated rings. The number of Topliss-reactive ketones (excluding diaryl/α,β-unsaturated/α-hetero) is 1. The predicted molar refractivity (Wildman–Crippen MR) is 188 cm³/mol. The largest absolute Gasteiger partial charge is 0.507 e. The molecular weight excluding hydrogens is 634 g/mol. The van der Waals surface area contributed by atoms with Crippen molar-refractivity contribution in [1.29, 1.82) is 0 Å². The van der Waals surface area contributed by atoms with Gasteiger partial charge in [0.15, 0.2) is 11.6 Å². The SMILES string of the molecule is Cc1ccc(N2C(=O)C3CC=C4C(CC5C(=O)C(c6ccccc6)=CC(=O)C5(c5ccccc5)C4c4cccc(C)c4O)C3C2=O)cc1Cl. The van der Waals surface area contributed by atoms with E-state index < -0.39 is 35.0 Å². The minimum Gasteiger partial charge on any atom is -0.507 e. The topological polar surface area (TPSA) is 91.8 Å². The Bertz CT molecular complexity index is 2140. The van der Waals surface area contributed by atoms with Crippen LogP contribution in [0.5, 0.6) is 5.75 Å². The number of imide groups is 1. The number of amides is 2. The molecule has 0 aromatic heterocycles. The summed E-state index contributed by atoms with van der Waals surface area (Å²) in [6.07, 6.45) is 3.98. The van der Waals surface area contributed by atoms with Gasteiger partial charge in [-0.05, 0) is 73.1 Å². The number of benzene rings is 4. The van der Waals surface area contributed by atoms with Gasteiger partial charge in [-0.1, -0.05) is 108 Å². The van der Waals surface area contributed by atoms with Crippen molar-refractivity contribution < 1.29 is 24.3 Å². The van der Waals surface area contributed by atoms with Gasteiger partial charge in [0.05, 0.1) is 22.9 Å². The van der Waals surface area contributed by atoms with E-state index in [-0.39, 0.29) is 35.6 Å². The zero-order valence-corrected chi connectivity index (χ0v) is 27.9. The molecule has 4 aromatic carbocycles. The number of fused-ring (bicyclic) bond motifs is 4. The normalized spacial score (nSPS) is 27.7. The average Bonchev–Trinajstić information content (AvgIpc) is 3.37. The minimum atomic E-state index is -1.40. The molecule has 1 aliphatic heterocycles. The Morgan fingerprint density at radius 3 is 2.22 bits per heavy atom. The van der Waals surface area contributed by atoms with Crippen LogP contribution in [0, 0.1) is 37.5 Å². The highest BCUT2D eigenvalue weighted by molar-refractivity contribution is 6.33. The third-order valence-corrected chi connectivity index (χ3v) is 11.8. The minimum absolute atomic E-state index is 0.0491. The molecule has 2 amide bonds. The molecule has 7 heteroatoms. The third-order valence-electron chi connectivity index (χ3n) is 11.4. The number of halogens is 1. The third kappa shape index (κ3) is 4.46. The van der Waals surface area contributed by atoms with Crippen molar-refractivity contribution in [2.24, 2.45) is 23.7 Å². The lowest BCUT2D eigenvalue weighted by molar-refractivity contribution is -0.135. The standard InChI is InChI=1S/C42H34ClNO5/c1-23-16-17-27(20-34(23)43)44-40(48)29-19-18-28-32(36(29)41(44)49)21-33-39(47)31(25-11-5-3-6-12-25)22-35(45)42(33,26-13-7-4-8-14-26)37(28)30-15-9-10-24(2)38(30)46/h3-18,20,22,29,32-33,36-37,46H,19,21H2,1-2H3. The first-order valence-corrected chi connectivity index (χ1v) is 17.1. The fourth-order valence-electron chi connectivity index (χ4n) is 9.11. The number of allylic oxidation sites excluding steroid dienone is 4. The van der Waals surface area contributed by atoms with E-state index in [9.17, 15) is 14.7 Å². The van der Waals surface area contributed by atoms with Crippen molar-refractivity contribution in [1.82, 2.24) is 0 Å². The summed E-state index contributed by atoms with van der Waals surface area (Å²) in [6.45, 7) is 3.67. The highest BCUT2D eigenvalue weighted by atomic mass is 35.5. The van der Waals surface area contributed by atoms with E-state index in [0.29, 0.717) is 45.0 Å². The molecule has 1 saturated carbocycles. The molecule has 0 spiro atoms. The van der Waals surface area contributed by atoms with Gasteiger partial charge >= 0.3 is 0 Å². The number of para-hydroxylation sites is 1. The van der Waals surface area contributed by atoms with Crippen LogP contribution in [0.3, 0.4) is 0 Å². The van der Waals surface area contributed by atoms with E-state index in [4.69, 9.17) is 11.6 Å². The van der Waals surface area contributed by atoms with Gasteiger partial charge in [-0.3, -0.25) is 19.2 Å². The first kappa shape index (κ1) is 31.2. The maximum Gasteiger partial charge on any atom is 0.238 e. The number of carbonyl (C=O) groups is 4. The van der Waals surface area contributed by atoms with Crippen molar-refractivity contribution in [3.63, 3.8) is 0 Å². The second-order valence-corrected chi connectivity index (χ2v) is 14.2. The summed E-state index contributed by atoms with van der Waals surface area (Å²) < 4.78 is 0. The summed E-state index contributed by atoms with van der Waals surface area (Å²) in [5.41, 5.74) is 3.49. The molecule has 0 bridgehead atoms. The fourth-order valence-corrected chi connectivity index (χ4v) is 9.28. The number of rotatable bonds is 4. The van der Waals surface area contributed by atoms with E-state index in [1.165, 1.54) is 11.0 Å². The van der Waals surface area contributed by atoms with Crippen LogP contribution in [-0.2, 0) is 24.6 Å². The molecule has 4 aromatic rings. The van der Waals surface area contributed by atoms with Crippen molar-refractivity contribution in [2.75, 3.05) is 4.90 Å². The van der Waals surface area contributed by atoms with Crippen molar-refractivity contribution in [3.05, 3.63) is 148 Å². The summed E-state index contributed by atoms with van der Waals surface area (Å²) in [4.78, 5) is 59.9. The van der Waals surface area contributed by atoms with Crippen LogP contribution in [0.1, 0.15) is 46.6 Å². The second kappa shape index (κ2) is 11.5. The summed E-state index contributed by atoms with van der Waals surface area (Å²) in [5.74, 6) is -4.54. The molecule has 4 aliphatic rings. The molecule has 1 saturated heterocycles. The van der Waals surface area contributed by atoms with Gasteiger partial charge in [-0.25, -0.2) is 4.90 Å². The molecule has 244 valence electrons. The van der Waals surface area contributed by atoms with Gasteiger partial charge in [0.2, 0.25) is 11.8 Å². The summed E-state index contributed by atoms with van der Waals surface area (Å²) >= 11 is 6.45. The molecule has 1 heterocycles. The first-order valence-electron chi connectivity index (χ1n) is 16.7. The van der Waals surface area contributed by atoms with E-state index in [1.54, 1.807) is 18.2 Å². The number of anilines is 1. The van der Waals surface area contributed by atoms with Crippen LogP contribution in [0.2, 0.25) is 5.02 Å². The number of hydrogen-bond donors (Lipinski definition) is 1. The molecule has 6 atom stereocenters. The number of ketones is 2. The Labute approximate surface area is 289 Å². The van der Waals surface area contributed by atoms with E-state index >= 15 is 9.59 Å². The van der Waals surface area contributed by atoms with Gasteiger partial charge in [0.1, 0.15) is 5.75 Å². The number of nitrogens with zero attached hydrogens (tertiary/aromatic N) is 1. The lowest BCUT2D eigenvalue weighted by Gasteiger charge is -2.55.